The first-order valence-electron chi connectivity index (χ1n) is 8.72. The fourth-order valence-electron chi connectivity index (χ4n) is 3.00. The van der Waals surface area contributed by atoms with Crippen LogP contribution in [-0.4, -0.2) is 20.6 Å². The number of unbranched alkanes of at least 4 members (excludes halogenated alkanes) is 1. The molecule has 0 saturated heterocycles. The number of hydrogen-bond acceptors (Lipinski definition) is 6. The van der Waals surface area contributed by atoms with E-state index >= 15 is 0 Å². The third-order valence-electron chi connectivity index (χ3n) is 4.38. The van der Waals surface area contributed by atoms with Gasteiger partial charge in [-0.05, 0) is 19.3 Å². The Bertz CT molecular complexity index is 762. The van der Waals surface area contributed by atoms with Crippen LogP contribution in [0.25, 0.3) is 4.96 Å². The number of carbonyl (C=O) groups excluding carboxylic acids is 1. The second-order valence-electron chi connectivity index (χ2n) is 6.32. The van der Waals surface area contributed by atoms with Crippen LogP contribution in [0.3, 0.4) is 0 Å². The molecule has 2 aromatic rings. The number of rotatable bonds is 6. The SMILES string of the molecule is CCCCc1nn2c(=O)cc(COC(=O)C3CCCCC3)nc2s1. The van der Waals surface area contributed by atoms with Crippen molar-refractivity contribution in [3.8, 4) is 0 Å². The first kappa shape index (κ1) is 17.1. The smallest absolute Gasteiger partial charge is 0.309 e. The molecule has 0 amide bonds. The quantitative estimate of drug-likeness (QED) is 0.749. The standard InChI is InChI=1S/C17H23N3O3S/c1-2-3-9-14-19-20-15(21)10-13(18-17(20)24-14)11-23-16(22)12-7-5-4-6-8-12/h10,12H,2-9,11H2,1H3. The summed E-state index contributed by atoms with van der Waals surface area (Å²) in [7, 11) is 0. The van der Waals surface area contributed by atoms with E-state index in [1.807, 2.05) is 0 Å². The van der Waals surface area contributed by atoms with Crippen molar-refractivity contribution in [2.75, 3.05) is 0 Å². The molecule has 0 bridgehead atoms. The van der Waals surface area contributed by atoms with Gasteiger partial charge in [-0.3, -0.25) is 9.59 Å². The maximum atomic E-state index is 12.2. The van der Waals surface area contributed by atoms with Gasteiger partial charge in [0.05, 0.1) is 11.6 Å². The second-order valence-corrected chi connectivity index (χ2v) is 7.36. The average Bonchev–Trinajstić information content (AvgIpc) is 3.02. The molecule has 1 aliphatic rings. The first-order valence-corrected chi connectivity index (χ1v) is 9.54. The molecule has 2 heterocycles. The van der Waals surface area contributed by atoms with Crippen LogP contribution >= 0.6 is 11.3 Å². The van der Waals surface area contributed by atoms with E-state index in [4.69, 9.17) is 4.74 Å². The summed E-state index contributed by atoms with van der Waals surface area (Å²) < 4.78 is 6.71. The van der Waals surface area contributed by atoms with Crippen LogP contribution in [0.5, 0.6) is 0 Å². The molecule has 0 spiro atoms. The van der Waals surface area contributed by atoms with Gasteiger partial charge in [0.15, 0.2) is 0 Å². The van der Waals surface area contributed by atoms with Crippen LogP contribution in [0.15, 0.2) is 10.9 Å². The maximum absolute atomic E-state index is 12.2. The van der Waals surface area contributed by atoms with Crippen molar-refractivity contribution >= 4 is 22.3 Å². The van der Waals surface area contributed by atoms with Crippen LogP contribution in [-0.2, 0) is 22.6 Å². The summed E-state index contributed by atoms with van der Waals surface area (Å²) in [5.41, 5.74) is 0.276. The fourth-order valence-corrected chi connectivity index (χ4v) is 3.96. The van der Waals surface area contributed by atoms with Gasteiger partial charge in [-0.15, -0.1) is 0 Å². The van der Waals surface area contributed by atoms with Crippen molar-refractivity contribution in [3.63, 3.8) is 0 Å². The van der Waals surface area contributed by atoms with Gasteiger partial charge in [-0.2, -0.15) is 9.61 Å². The molecule has 1 fully saturated rings. The molecule has 0 aliphatic heterocycles. The third kappa shape index (κ3) is 4.01. The summed E-state index contributed by atoms with van der Waals surface area (Å²) in [6.07, 6.45) is 8.17. The minimum Gasteiger partial charge on any atom is -0.459 e. The van der Waals surface area contributed by atoms with Crippen LogP contribution in [0.2, 0.25) is 0 Å². The van der Waals surface area contributed by atoms with Crippen LogP contribution in [0.4, 0.5) is 0 Å². The first-order chi connectivity index (χ1) is 11.7. The van der Waals surface area contributed by atoms with Gasteiger partial charge in [-0.1, -0.05) is 43.9 Å². The molecular formula is C17H23N3O3S. The highest BCUT2D eigenvalue weighted by atomic mass is 32.1. The molecule has 0 aromatic carbocycles. The normalized spacial score (nSPS) is 15.7. The third-order valence-corrected chi connectivity index (χ3v) is 5.35. The van der Waals surface area contributed by atoms with Gasteiger partial charge >= 0.3 is 5.97 Å². The van der Waals surface area contributed by atoms with Crippen molar-refractivity contribution in [1.82, 2.24) is 14.6 Å². The summed E-state index contributed by atoms with van der Waals surface area (Å²) in [5, 5.41) is 5.23. The van der Waals surface area contributed by atoms with E-state index in [9.17, 15) is 9.59 Å². The molecule has 3 rings (SSSR count). The second kappa shape index (κ2) is 7.88. The van der Waals surface area contributed by atoms with Crippen LogP contribution < -0.4 is 5.56 Å². The van der Waals surface area contributed by atoms with E-state index < -0.39 is 0 Å². The molecule has 2 aromatic heterocycles. The highest BCUT2D eigenvalue weighted by Gasteiger charge is 2.22. The summed E-state index contributed by atoms with van der Waals surface area (Å²) in [4.78, 5) is 29.2. The van der Waals surface area contributed by atoms with E-state index in [2.05, 4.69) is 17.0 Å². The predicted molar refractivity (Wildman–Crippen MR) is 92.1 cm³/mol. The van der Waals surface area contributed by atoms with Gasteiger partial charge in [0.2, 0.25) is 4.96 Å². The lowest BCUT2D eigenvalue weighted by molar-refractivity contribution is -0.151. The number of carbonyl (C=O) groups is 1. The maximum Gasteiger partial charge on any atom is 0.309 e. The molecule has 0 radical (unpaired) electrons. The number of esters is 1. The van der Waals surface area contributed by atoms with E-state index in [1.165, 1.54) is 28.3 Å². The highest BCUT2D eigenvalue weighted by Crippen LogP contribution is 2.25. The molecule has 7 heteroatoms. The van der Waals surface area contributed by atoms with Gasteiger partial charge in [-0.25, -0.2) is 4.98 Å². The summed E-state index contributed by atoms with van der Waals surface area (Å²) in [6, 6.07) is 1.41. The molecule has 130 valence electrons. The number of aromatic nitrogens is 3. The molecule has 0 atom stereocenters. The minimum absolute atomic E-state index is 0.00706. The zero-order valence-electron chi connectivity index (χ0n) is 14.0. The van der Waals surface area contributed by atoms with Crippen LogP contribution in [0.1, 0.15) is 62.6 Å². The Labute approximate surface area is 144 Å². The Balaban J connectivity index is 1.68. The number of aryl methyl sites for hydroxylation is 1. The Morgan fingerprint density at radius 1 is 1.38 bits per heavy atom. The average molecular weight is 349 g/mol. The predicted octanol–water partition coefficient (Wildman–Crippen LogP) is 3.12. The molecule has 24 heavy (non-hydrogen) atoms. The van der Waals surface area contributed by atoms with Crippen molar-refractivity contribution in [3.05, 3.63) is 27.1 Å². The molecule has 1 saturated carbocycles. The van der Waals surface area contributed by atoms with Crippen molar-refractivity contribution in [2.24, 2.45) is 5.92 Å². The highest BCUT2D eigenvalue weighted by molar-refractivity contribution is 7.16. The van der Waals surface area contributed by atoms with Gasteiger partial charge < -0.3 is 4.74 Å². The summed E-state index contributed by atoms with van der Waals surface area (Å²) in [5.74, 6) is -0.155. The molecule has 0 N–H and O–H groups in total. The summed E-state index contributed by atoms with van der Waals surface area (Å²) >= 11 is 1.43. The number of nitrogens with zero attached hydrogens (tertiary/aromatic N) is 3. The topological polar surface area (TPSA) is 73.6 Å². The lowest BCUT2D eigenvalue weighted by atomic mass is 9.89. The van der Waals surface area contributed by atoms with E-state index in [1.54, 1.807) is 0 Å². The lowest BCUT2D eigenvalue weighted by Gasteiger charge is -2.19. The lowest BCUT2D eigenvalue weighted by Crippen LogP contribution is -2.21. The Hall–Kier alpha value is -1.76. The fraction of sp³-hybridized carbons (Fsp3) is 0.647. The minimum atomic E-state index is -0.220. The van der Waals surface area contributed by atoms with Crippen molar-refractivity contribution < 1.29 is 9.53 Å². The van der Waals surface area contributed by atoms with E-state index in [0.717, 1.165) is 50.0 Å². The zero-order valence-corrected chi connectivity index (χ0v) is 14.8. The van der Waals surface area contributed by atoms with Crippen molar-refractivity contribution in [1.29, 1.82) is 0 Å². The Morgan fingerprint density at radius 3 is 2.92 bits per heavy atom. The number of fused-ring (bicyclic) bond motifs is 1. The van der Waals surface area contributed by atoms with Gasteiger partial charge in [0.1, 0.15) is 11.6 Å². The molecule has 0 unspecified atom stereocenters. The monoisotopic (exact) mass is 349 g/mol. The molecule has 1 aliphatic carbocycles. The van der Waals surface area contributed by atoms with E-state index in [0.29, 0.717) is 10.7 Å². The van der Waals surface area contributed by atoms with Gasteiger partial charge in [0, 0.05) is 12.5 Å². The number of hydrogen-bond donors (Lipinski definition) is 0. The zero-order chi connectivity index (χ0) is 16.9. The van der Waals surface area contributed by atoms with Gasteiger partial charge in [0.25, 0.3) is 5.56 Å². The van der Waals surface area contributed by atoms with E-state index in [-0.39, 0.29) is 24.1 Å². The van der Waals surface area contributed by atoms with Crippen molar-refractivity contribution in [2.45, 2.75) is 64.9 Å². The molecule has 6 nitrogen and oxygen atoms in total. The Kier molecular flexibility index (Phi) is 5.60. The molecular weight excluding hydrogens is 326 g/mol. The Morgan fingerprint density at radius 2 is 2.17 bits per heavy atom. The largest absolute Gasteiger partial charge is 0.459 e. The van der Waals surface area contributed by atoms with Crippen LogP contribution in [0, 0.1) is 5.92 Å². The summed E-state index contributed by atoms with van der Waals surface area (Å²) in [6.45, 7) is 2.18. The number of ether oxygens (including phenoxy) is 1.